The van der Waals surface area contributed by atoms with Crippen molar-refractivity contribution in [1.29, 1.82) is 0 Å². The molecule has 0 aromatic carbocycles. The van der Waals surface area contributed by atoms with Crippen LogP contribution in [-0.4, -0.2) is 12.3 Å². The molecule has 0 saturated heterocycles. The second kappa shape index (κ2) is 4.56. The highest BCUT2D eigenvalue weighted by Crippen LogP contribution is 2.51. The van der Waals surface area contributed by atoms with Gasteiger partial charge in [-0.1, -0.05) is 20.8 Å². The molecule has 0 radical (unpaired) electrons. The third-order valence-corrected chi connectivity index (χ3v) is 2.99. The van der Waals surface area contributed by atoms with Gasteiger partial charge in [0.05, 0.1) is 12.3 Å². The van der Waals surface area contributed by atoms with Gasteiger partial charge in [-0.05, 0) is 25.7 Å². The first kappa shape index (κ1) is 13.1. The van der Waals surface area contributed by atoms with E-state index in [0.29, 0.717) is 6.42 Å². The lowest BCUT2D eigenvalue weighted by Crippen LogP contribution is -2.09. The molecule has 0 saturated carbocycles. The summed E-state index contributed by atoms with van der Waals surface area (Å²) >= 11 is 0. The standard InChI is InChI=1S/C9H20FO2P/c1-8(2)12-13(10,11)7-6-9(3,4)5/h8H,6-7H2,1-5H3. The summed E-state index contributed by atoms with van der Waals surface area (Å²) in [6.45, 7) is 9.33. The monoisotopic (exact) mass is 210 g/mol. The van der Waals surface area contributed by atoms with Gasteiger partial charge in [-0.3, -0.25) is 4.57 Å². The minimum Gasteiger partial charge on any atom is -0.303 e. The van der Waals surface area contributed by atoms with Gasteiger partial charge in [0.25, 0.3) is 0 Å². The van der Waals surface area contributed by atoms with E-state index in [0.717, 1.165) is 0 Å². The summed E-state index contributed by atoms with van der Waals surface area (Å²) in [5.41, 5.74) is 0.00207. The Hall–Kier alpha value is 0.120. The molecule has 0 spiro atoms. The second-order valence-electron chi connectivity index (χ2n) is 4.78. The third kappa shape index (κ3) is 8.45. The van der Waals surface area contributed by atoms with Crippen molar-refractivity contribution >= 4 is 7.68 Å². The van der Waals surface area contributed by atoms with Crippen LogP contribution in [0.25, 0.3) is 0 Å². The average molecular weight is 210 g/mol. The van der Waals surface area contributed by atoms with Crippen molar-refractivity contribution in [1.82, 2.24) is 0 Å². The molecule has 80 valence electrons. The minimum absolute atomic E-state index is 0.00207. The molecule has 2 nitrogen and oxygen atoms in total. The van der Waals surface area contributed by atoms with Crippen LogP contribution in [0.5, 0.6) is 0 Å². The fourth-order valence-electron chi connectivity index (χ4n) is 0.836. The van der Waals surface area contributed by atoms with Gasteiger partial charge in [-0.2, -0.15) is 4.20 Å². The van der Waals surface area contributed by atoms with E-state index in [1.165, 1.54) is 0 Å². The number of halogens is 1. The molecule has 1 atom stereocenters. The van der Waals surface area contributed by atoms with E-state index in [2.05, 4.69) is 0 Å². The van der Waals surface area contributed by atoms with Gasteiger partial charge < -0.3 is 4.52 Å². The van der Waals surface area contributed by atoms with Gasteiger partial charge in [0.1, 0.15) is 0 Å². The molecule has 1 unspecified atom stereocenters. The van der Waals surface area contributed by atoms with Crippen molar-refractivity contribution in [2.45, 2.75) is 47.1 Å². The van der Waals surface area contributed by atoms with Gasteiger partial charge in [-0.25, -0.2) is 0 Å². The number of hydrogen-bond donors (Lipinski definition) is 0. The molecule has 0 aliphatic carbocycles. The largest absolute Gasteiger partial charge is 0.367 e. The van der Waals surface area contributed by atoms with E-state index < -0.39 is 7.68 Å². The lowest BCUT2D eigenvalue weighted by molar-refractivity contribution is 0.220. The highest BCUT2D eigenvalue weighted by molar-refractivity contribution is 7.53. The third-order valence-electron chi connectivity index (χ3n) is 1.50. The van der Waals surface area contributed by atoms with Crippen molar-refractivity contribution in [2.75, 3.05) is 6.16 Å². The molecule has 4 heteroatoms. The van der Waals surface area contributed by atoms with Gasteiger partial charge >= 0.3 is 7.68 Å². The van der Waals surface area contributed by atoms with Crippen LogP contribution in [0.1, 0.15) is 41.0 Å². The van der Waals surface area contributed by atoms with E-state index in [1.807, 2.05) is 20.8 Å². The van der Waals surface area contributed by atoms with E-state index in [9.17, 15) is 8.76 Å². The summed E-state index contributed by atoms with van der Waals surface area (Å²) in [5.74, 6) is 0. The van der Waals surface area contributed by atoms with Crippen molar-refractivity contribution < 1.29 is 13.3 Å². The SMILES string of the molecule is CC(C)OP(=O)(F)CCC(C)(C)C. The topological polar surface area (TPSA) is 26.3 Å². The normalized spacial score (nSPS) is 17.5. The molecule has 0 aromatic rings. The molecule has 13 heavy (non-hydrogen) atoms. The molecule has 0 aromatic heterocycles. The Labute approximate surface area is 80.4 Å². The Morgan fingerprint density at radius 1 is 1.38 bits per heavy atom. The molecule has 0 amide bonds. The Morgan fingerprint density at radius 3 is 2.15 bits per heavy atom. The maximum absolute atomic E-state index is 13.2. The summed E-state index contributed by atoms with van der Waals surface area (Å²) in [6.07, 6.45) is 0.290. The Balaban J connectivity index is 3.97. The molecule has 0 aliphatic rings. The first-order valence-corrected chi connectivity index (χ1v) is 6.30. The molecule has 0 N–H and O–H groups in total. The zero-order valence-corrected chi connectivity index (χ0v) is 10.0. The highest BCUT2D eigenvalue weighted by Gasteiger charge is 2.26. The minimum atomic E-state index is -3.85. The van der Waals surface area contributed by atoms with Crippen LogP contribution < -0.4 is 0 Å². The van der Waals surface area contributed by atoms with Crippen molar-refractivity contribution in [3.63, 3.8) is 0 Å². The molecule has 0 rings (SSSR count). The lowest BCUT2D eigenvalue weighted by atomic mass is 9.94. The second-order valence-corrected chi connectivity index (χ2v) is 6.62. The first-order chi connectivity index (χ1) is 5.62. The van der Waals surface area contributed by atoms with Crippen LogP contribution in [-0.2, 0) is 9.09 Å². The summed E-state index contributed by atoms with van der Waals surface area (Å²) < 4.78 is 29.1. The van der Waals surface area contributed by atoms with Crippen LogP contribution in [0.3, 0.4) is 0 Å². The van der Waals surface area contributed by atoms with E-state index in [4.69, 9.17) is 4.52 Å². The predicted octanol–water partition coefficient (Wildman–Crippen LogP) is 4.01. The van der Waals surface area contributed by atoms with Crippen molar-refractivity contribution in [2.24, 2.45) is 5.41 Å². The van der Waals surface area contributed by atoms with Crippen LogP contribution in [0, 0.1) is 5.41 Å². The molecule has 0 heterocycles. The van der Waals surface area contributed by atoms with Crippen LogP contribution >= 0.6 is 7.68 Å². The summed E-state index contributed by atoms with van der Waals surface area (Å²) in [5, 5.41) is 0. The summed E-state index contributed by atoms with van der Waals surface area (Å²) in [4.78, 5) is 0. The molecular weight excluding hydrogens is 190 g/mol. The van der Waals surface area contributed by atoms with Gasteiger partial charge in [0, 0.05) is 0 Å². The fraction of sp³-hybridized carbons (Fsp3) is 1.00. The highest BCUT2D eigenvalue weighted by atomic mass is 31.2. The first-order valence-electron chi connectivity index (χ1n) is 4.59. The summed E-state index contributed by atoms with van der Waals surface area (Å²) in [7, 11) is -3.85. The maximum atomic E-state index is 13.2. The zero-order valence-electron chi connectivity index (χ0n) is 9.13. The smallest absolute Gasteiger partial charge is 0.303 e. The van der Waals surface area contributed by atoms with Crippen molar-refractivity contribution in [3.05, 3.63) is 0 Å². The van der Waals surface area contributed by atoms with Crippen molar-refractivity contribution in [3.8, 4) is 0 Å². The van der Waals surface area contributed by atoms with Gasteiger partial charge in [-0.15, -0.1) is 0 Å². The number of rotatable bonds is 4. The molecule has 0 fully saturated rings. The van der Waals surface area contributed by atoms with E-state index in [-0.39, 0.29) is 17.7 Å². The molecular formula is C9H20FO2P. The lowest BCUT2D eigenvalue weighted by Gasteiger charge is -2.20. The van der Waals surface area contributed by atoms with E-state index >= 15 is 0 Å². The maximum Gasteiger partial charge on any atom is 0.367 e. The van der Waals surface area contributed by atoms with Crippen LogP contribution in [0.2, 0.25) is 0 Å². The summed E-state index contributed by atoms with van der Waals surface area (Å²) in [6, 6.07) is 0. The van der Waals surface area contributed by atoms with Crippen LogP contribution in [0.4, 0.5) is 4.20 Å². The zero-order chi connectivity index (χ0) is 10.7. The molecule has 0 aliphatic heterocycles. The fourth-order valence-corrected chi connectivity index (χ4v) is 2.51. The quantitative estimate of drug-likeness (QED) is 0.655. The average Bonchev–Trinajstić information content (AvgIpc) is 1.79. The number of hydrogen-bond acceptors (Lipinski definition) is 2. The van der Waals surface area contributed by atoms with E-state index in [1.54, 1.807) is 13.8 Å². The Kier molecular flexibility index (Phi) is 4.61. The Morgan fingerprint density at radius 2 is 1.85 bits per heavy atom. The predicted molar refractivity (Wildman–Crippen MR) is 53.9 cm³/mol. The Bertz CT molecular complexity index is 196. The molecule has 0 bridgehead atoms. The van der Waals surface area contributed by atoms with Gasteiger partial charge in [0.15, 0.2) is 0 Å². The van der Waals surface area contributed by atoms with Gasteiger partial charge in [0.2, 0.25) is 0 Å². The van der Waals surface area contributed by atoms with Crippen LogP contribution in [0.15, 0.2) is 0 Å².